The molecule has 0 saturated heterocycles. The van der Waals surface area contributed by atoms with E-state index in [-0.39, 0.29) is 0 Å². The maximum absolute atomic E-state index is 14.7. The van der Waals surface area contributed by atoms with Crippen LogP contribution < -0.4 is 9.47 Å². The smallest absolute Gasteiger partial charge is 0.341 e. The van der Waals surface area contributed by atoms with E-state index in [2.05, 4.69) is 9.47 Å². The van der Waals surface area contributed by atoms with Crippen LogP contribution in [0.1, 0.15) is 20.7 Å². The van der Waals surface area contributed by atoms with Gasteiger partial charge in [-0.2, -0.15) is 30.7 Å². The number of hydrogen-bond donors (Lipinski definition) is 2. The fraction of sp³-hybridized carbons (Fsp3) is 0. The summed E-state index contributed by atoms with van der Waals surface area (Å²) in [5, 5.41) is 17.2. The van der Waals surface area contributed by atoms with Crippen molar-refractivity contribution in [2.45, 2.75) is 0 Å². The number of carboxylic acids is 2. The number of aromatic carboxylic acids is 2. The van der Waals surface area contributed by atoms with Crippen molar-refractivity contribution >= 4 is 11.9 Å². The van der Waals surface area contributed by atoms with Gasteiger partial charge >= 0.3 is 11.9 Å². The summed E-state index contributed by atoms with van der Waals surface area (Å²) < 4.78 is 177. The highest BCUT2D eigenvalue weighted by atomic mass is 19.2. The Morgan fingerprint density at radius 3 is 0.816 bits per heavy atom. The summed E-state index contributed by atoms with van der Waals surface area (Å²) in [4.78, 5) is 21.5. The van der Waals surface area contributed by atoms with E-state index in [0.29, 0.717) is 0 Å². The molecule has 0 saturated carbocycles. The van der Waals surface area contributed by atoms with Crippen molar-refractivity contribution in [2.75, 3.05) is 0 Å². The maximum Gasteiger partial charge on any atom is 0.341 e. The number of benzene rings is 3. The lowest BCUT2D eigenvalue weighted by atomic mass is 10.1. The predicted octanol–water partition coefficient (Wildman–Crippen LogP) is 6.34. The molecule has 2 N–H and O–H groups in total. The standard InChI is InChI=1S/C20H2F12O6/c21-3-1(19(33)34)4(22)9(27)15(8(3)26)37-17-12(30)7(25)13(31)18(14(17)32)38-16-10(28)5(23)2(20(35)36)6(24)11(16)29/h(H,33,34)(H,35,36). The molecular weight excluding hydrogens is 564 g/mol. The zero-order chi connectivity index (χ0) is 29.0. The monoisotopic (exact) mass is 566 g/mol. The van der Waals surface area contributed by atoms with E-state index in [1.165, 1.54) is 0 Å². The molecule has 0 radical (unpaired) electrons. The van der Waals surface area contributed by atoms with Crippen molar-refractivity contribution in [1.29, 1.82) is 0 Å². The van der Waals surface area contributed by atoms with Crippen LogP contribution in [0.5, 0.6) is 23.0 Å². The molecule has 0 unspecified atom stereocenters. The molecule has 0 aliphatic heterocycles. The molecule has 0 aliphatic rings. The number of halogens is 12. The Bertz CT molecular complexity index is 1390. The van der Waals surface area contributed by atoms with E-state index in [4.69, 9.17) is 10.2 Å². The van der Waals surface area contributed by atoms with Crippen LogP contribution in [0.3, 0.4) is 0 Å². The van der Waals surface area contributed by atoms with Gasteiger partial charge in [-0.1, -0.05) is 0 Å². The summed E-state index contributed by atoms with van der Waals surface area (Å²) in [6.07, 6.45) is 0. The molecular formula is C20H2F12O6. The van der Waals surface area contributed by atoms with Crippen LogP contribution in [0.2, 0.25) is 0 Å². The van der Waals surface area contributed by atoms with Crippen molar-refractivity contribution < 1.29 is 82.0 Å². The predicted molar refractivity (Wildman–Crippen MR) is 92.9 cm³/mol. The summed E-state index contributed by atoms with van der Waals surface area (Å²) in [5.41, 5.74) is -4.50. The van der Waals surface area contributed by atoms with E-state index >= 15 is 0 Å². The van der Waals surface area contributed by atoms with Crippen LogP contribution in [-0.2, 0) is 0 Å². The molecule has 0 fully saturated rings. The van der Waals surface area contributed by atoms with Gasteiger partial charge < -0.3 is 19.7 Å². The third-order valence-corrected chi connectivity index (χ3v) is 4.46. The zero-order valence-electron chi connectivity index (χ0n) is 17.1. The van der Waals surface area contributed by atoms with Gasteiger partial charge in [0.25, 0.3) is 0 Å². The molecule has 0 aliphatic carbocycles. The second kappa shape index (κ2) is 9.67. The van der Waals surface area contributed by atoms with Crippen LogP contribution in [-0.4, -0.2) is 22.2 Å². The molecule has 202 valence electrons. The highest BCUT2D eigenvalue weighted by Gasteiger charge is 2.36. The lowest BCUT2D eigenvalue weighted by Crippen LogP contribution is -2.13. The first-order valence-corrected chi connectivity index (χ1v) is 8.94. The molecule has 18 heteroatoms. The lowest BCUT2D eigenvalue weighted by molar-refractivity contribution is 0.0671. The normalized spacial score (nSPS) is 11.1. The van der Waals surface area contributed by atoms with Crippen molar-refractivity contribution in [3.05, 3.63) is 80.9 Å². The highest BCUT2D eigenvalue weighted by Crippen LogP contribution is 2.43. The number of carboxylic acid groups (broad SMARTS) is 2. The molecule has 0 bridgehead atoms. The first-order chi connectivity index (χ1) is 17.5. The van der Waals surface area contributed by atoms with Gasteiger partial charge in [-0.05, 0) is 0 Å². The quantitative estimate of drug-likeness (QED) is 0.206. The minimum Gasteiger partial charge on any atom is -0.477 e. The zero-order valence-corrected chi connectivity index (χ0v) is 17.1. The minimum absolute atomic E-state index is 2.25. The summed E-state index contributed by atoms with van der Waals surface area (Å²) >= 11 is 0. The average Bonchev–Trinajstić information content (AvgIpc) is 2.84. The minimum atomic E-state index is -2.91. The van der Waals surface area contributed by atoms with E-state index in [1.54, 1.807) is 0 Å². The molecule has 0 aromatic heterocycles. The second-order valence-corrected chi connectivity index (χ2v) is 6.65. The van der Waals surface area contributed by atoms with Gasteiger partial charge in [0.05, 0.1) is 0 Å². The van der Waals surface area contributed by atoms with Gasteiger partial charge in [-0.15, -0.1) is 0 Å². The molecule has 38 heavy (non-hydrogen) atoms. The number of hydrogen-bond acceptors (Lipinski definition) is 4. The van der Waals surface area contributed by atoms with Crippen LogP contribution >= 0.6 is 0 Å². The van der Waals surface area contributed by atoms with E-state index in [0.717, 1.165) is 0 Å². The highest BCUT2D eigenvalue weighted by molar-refractivity contribution is 5.89. The van der Waals surface area contributed by atoms with Gasteiger partial charge in [-0.25, -0.2) is 31.5 Å². The van der Waals surface area contributed by atoms with Gasteiger partial charge in [0, 0.05) is 0 Å². The van der Waals surface area contributed by atoms with Crippen molar-refractivity contribution in [3.63, 3.8) is 0 Å². The molecule has 3 aromatic rings. The van der Waals surface area contributed by atoms with E-state index in [9.17, 15) is 62.3 Å². The Labute approximate surface area is 198 Å². The largest absolute Gasteiger partial charge is 0.477 e. The van der Waals surface area contributed by atoms with Gasteiger partial charge in [0.1, 0.15) is 11.1 Å². The topological polar surface area (TPSA) is 93.1 Å². The Morgan fingerprint density at radius 1 is 0.368 bits per heavy atom. The second-order valence-electron chi connectivity index (χ2n) is 6.65. The van der Waals surface area contributed by atoms with Crippen LogP contribution in [0.15, 0.2) is 0 Å². The molecule has 0 amide bonds. The fourth-order valence-electron chi connectivity index (χ4n) is 2.75. The Kier molecular flexibility index (Phi) is 7.11. The number of carbonyl (C=O) groups is 2. The summed E-state index contributed by atoms with van der Waals surface area (Å²) in [5.74, 6) is -48.4. The van der Waals surface area contributed by atoms with Crippen molar-refractivity contribution in [1.82, 2.24) is 0 Å². The third kappa shape index (κ3) is 4.16. The van der Waals surface area contributed by atoms with Crippen LogP contribution in [0, 0.1) is 69.8 Å². The van der Waals surface area contributed by atoms with E-state index < -0.39 is 116 Å². The maximum atomic E-state index is 14.7. The van der Waals surface area contributed by atoms with Crippen molar-refractivity contribution in [3.8, 4) is 23.0 Å². The summed E-state index contributed by atoms with van der Waals surface area (Å²) in [6, 6.07) is 0. The van der Waals surface area contributed by atoms with Crippen LogP contribution in [0.4, 0.5) is 52.7 Å². The molecule has 3 aromatic carbocycles. The molecule has 0 heterocycles. The first kappa shape index (κ1) is 27.9. The third-order valence-electron chi connectivity index (χ3n) is 4.46. The molecule has 0 spiro atoms. The van der Waals surface area contributed by atoms with Crippen LogP contribution in [0.25, 0.3) is 0 Å². The average molecular weight is 566 g/mol. The SMILES string of the molecule is O=C(O)c1c(F)c(F)c(Oc2c(F)c(F)c(F)c(Oc3c(F)c(F)c(C(=O)O)c(F)c3F)c2F)c(F)c1F. The van der Waals surface area contributed by atoms with Gasteiger partial charge in [0.15, 0.2) is 23.3 Å². The Morgan fingerprint density at radius 2 is 0.579 bits per heavy atom. The molecule has 6 nitrogen and oxygen atoms in total. The number of ether oxygens (including phenoxy) is 2. The lowest BCUT2D eigenvalue weighted by Gasteiger charge is -2.16. The summed E-state index contributed by atoms with van der Waals surface area (Å²) in [6.45, 7) is 0. The van der Waals surface area contributed by atoms with Gasteiger partial charge in [0.2, 0.25) is 69.5 Å². The Hall–Kier alpha value is -4.64. The van der Waals surface area contributed by atoms with Crippen molar-refractivity contribution in [2.24, 2.45) is 0 Å². The number of rotatable bonds is 6. The molecule has 0 atom stereocenters. The van der Waals surface area contributed by atoms with Gasteiger partial charge in [-0.3, -0.25) is 0 Å². The first-order valence-electron chi connectivity index (χ1n) is 8.94. The fourth-order valence-corrected chi connectivity index (χ4v) is 2.75. The summed E-state index contributed by atoms with van der Waals surface area (Å²) in [7, 11) is 0. The molecule has 3 rings (SSSR count). The Balaban J connectivity index is 2.26. The van der Waals surface area contributed by atoms with E-state index in [1.807, 2.05) is 0 Å².